The molecule has 15 heavy (non-hydrogen) atoms. The topological polar surface area (TPSA) is 35.0 Å². The second-order valence-corrected chi connectivity index (χ2v) is 4.34. The van der Waals surface area contributed by atoms with E-state index in [2.05, 4.69) is 39.7 Å². The Labute approximate surface area is 99.4 Å². The molecule has 0 aliphatic rings. The van der Waals surface area contributed by atoms with E-state index in [4.69, 9.17) is 4.74 Å². The Balaban J connectivity index is 2.78. The third-order valence-corrected chi connectivity index (χ3v) is 2.49. The molecule has 0 radical (unpaired) electrons. The highest BCUT2D eigenvalue weighted by molar-refractivity contribution is 9.10. The molecule has 84 valence electrons. The quantitative estimate of drug-likeness (QED) is 0.771. The van der Waals surface area contributed by atoms with Gasteiger partial charge in [0.2, 0.25) is 5.88 Å². The Bertz CT molecular complexity index is 317. The van der Waals surface area contributed by atoms with Gasteiger partial charge in [-0.3, -0.25) is 0 Å². The van der Waals surface area contributed by atoms with Crippen molar-refractivity contribution in [2.75, 3.05) is 0 Å². The molecule has 1 aromatic heterocycles. The SMILES string of the molecule is CCCc1nc(Br)cc(OC(C)CC)n1. The van der Waals surface area contributed by atoms with E-state index in [1.54, 1.807) is 0 Å². The first-order chi connectivity index (χ1) is 7.15. The van der Waals surface area contributed by atoms with Gasteiger partial charge in [-0.2, -0.15) is 4.98 Å². The predicted octanol–water partition coefficient (Wildman–Crippen LogP) is 3.37. The molecule has 3 nitrogen and oxygen atoms in total. The van der Waals surface area contributed by atoms with Crippen molar-refractivity contribution in [1.29, 1.82) is 0 Å². The number of rotatable bonds is 5. The first-order valence-electron chi connectivity index (χ1n) is 5.35. The second kappa shape index (κ2) is 6.05. The Morgan fingerprint density at radius 3 is 2.73 bits per heavy atom. The van der Waals surface area contributed by atoms with E-state index in [1.807, 2.05) is 13.0 Å². The molecule has 0 N–H and O–H groups in total. The van der Waals surface area contributed by atoms with Gasteiger partial charge in [0.15, 0.2) is 0 Å². The number of aromatic nitrogens is 2. The van der Waals surface area contributed by atoms with E-state index < -0.39 is 0 Å². The van der Waals surface area contributed by atoms with Gasteiger partial charge in [0.25, 0.3) is 0 Å². The number of ether oxygens (including phenoxy) is 1. The maximum Gasteiger partial charge on any atom is 0.217 e. The van der Waals surface area contributed by atoms with E-state index >= 15 is 0 Å². The predicted molar refractivity (Wildman–Crippen MR) is 64.1 cm³/mol. The molecule has 1 rings (SSSR count). The van der Waals surface area contributed by atoms with Crippen molar-refractivity contribution >= 4 is 15.9 Å². The summed E-state index contributed by atoms with van der Waals surface area (Å²) < 4.78 is 6.44. The highest BCUT2D eigenvalue weighted by Gasteiger charge is 2.06. The zero-order valence-electron chi connectivity index (χ0n) is 9.46. The second-order valence-electron chi connectivity index (χ2n) is 3.53. The fourth-order valence-electron chi connectivity index (χ4n) is 1.13. The maximum atomic E-state index is 5.65. The summed E-state index contributed by atoms with van der Waals surface area (Å²) in [6.07, 6.45) is 3.10. The molecule has 0 fully saturated rings. The highest BCUT2D eigenvalue weighted by Crippen LogP contribution is 2.16. The molecule has 0 saturated carbocycles. The zero-order chi connectivity index (χ0) is 11.3. The van der Waals surface area contributed by atoms with E-state index in [0.29, 0.717) is 5.88 Å². The van der Waals surface area contributed by atoms with E-state index in [0.717, 1.165) is 29.7 Å². The smallest absolute Gasteiger partial charge is 0.217 e. The molecule has 0 amide bonds. The largest absolute Gasteiger partial charge is 0.475 e. The molecule has 0 bridgehead atoms. The number of hydrogen-bond donors (Lipinski definition) is 0. The van der Waals surface area contributed by atoms with Crippen LogP contribution in [-0.4, -0.2) is 16.1 Å². The van der Waals surface area contributed by atoms with Gasteiger partial charge in [-0.05, 0) is 35.7 Å². The van der Waals surface area contributed by atoms with Gasteiger partial charge in [-0.1, -0.05) is 13.8 Å². The molecule has 0 aliphatic carbocycles. The fraction of sp³-hybridized carbons (Fsp3) is 0.636. The number of aryl methyl sites for hydroxylation is 1. The minimum absolute atomic E-state index is 0.196. The molecule has 1 unspecified atom stereocenters. The molecule has 0 aromatic carbocycles. The molecular weight excluding hydrogens is 256 g/mol. The monoisotopic (exact) mass is 272 g/mol. The van der Waals surface area contributed by atoms with Gasteiger partial charge in [-0.15, -0.1) is 0 Å². The van der Waals surface area contributed by atoms with Crippen molar-refractivity contribution in [2.24, 2.45) is 0 Å². The third-order valence-electron chi connectivity index (χ3n) is 2.09. The summed E-state index contributed by atoms with van der Waals surface area (Å²) in [5, 5.41) is 0. The van der Waals surface area contributed by atoms with Gasteiger partial charge >= 0.3 is 0 Å². The van der Waals surface area contributed by atoms with Gasteiger partial charge in [0, 0.05) is 12.5 Å². The summed E-state index contributed by atoms with van der Waals surface area (Å²) >= 11 is 3.36. The third kappa shape index (κ3) is 4.16. The average molecular weight is 273 g/mol. The minimum Gasteiger partial charge on any atom is -0.475 e. The average Bonchev–Trinajstić information content (AvgIpc) is 2.17. The lowest BCUT2D eigenvalue weighted by atomic mass is 10.3. The van der Waals surface area contributed by atoms with Crippen molar-refractivity contribution < 1.29 is 4.74 Å². The number of nitrogens with zero attached hydrogens (tertiary/aromatic N) is 2. The zero-order valence-corrected chi connectivity index (χ0v) is 11.0. The summed E-state index contributed by atoms with van der Waals surface area (Å²) in [5.41, 5.74) is 0. The Morgan fingerprint density at radius 2 is 2.13 bits per heavy atom. The van der Waals surface area contributed by atoms with Crippen molar-refractivity contribution in [3.8, 4) is 5.88 Å². The molecule has 1 aromatic rings. The summed E-state index contributed by atoms with van der Waals surface area (Å²) in [5.74, 6) is 1.50. The van der Waals surface area contributed by atoms with Crippen molar-refractivity contribution in [2.45, 2.75) is 46.1 Å². The van der Waals surface area contributed by atoms with E-state index in [1.165, 1.54) is 0 Å². The molecule has 1 heterocycles. The van der Waals surface area contributed by atoms with Crippen LogP contribution in [0.4, 0.5) is 0 Å². The molecule has 4 heteroatoms. The van der Waals surface area contributed by atoms with Crippen LogP contribution in [0.3, 0.4) is 0 Å². The first kappa shape index (κ1) is 12.4. The Morgan fingerprint density at radius 1 is 1.40 bits per heavy atom. The van der Waals surface area contributed by atoms with Crippen LogP contribution >= 0.6 is 15.9 Å². The van der Waals surface area contributed by atoms with E-state index in [-0.39, 0.29) is 6.10 Å². The van der Waals surface area contributed by atoms with Crippen LogP contribution < -0.4 is 4.74 Å². The van der Waals surface area contributed by atoms with Crippen LogP contribution in [0.2, 0.25) is 0 Å². The molecular formula is C11H17BrN2O. The van der Waals surface area contributed by atoms with Gasteiger partial charge in [0.1, 0.15) is 10.4 Å². The van der Waals surface area contributed by atoms with Crippen LogP contribution in [0.15, 0.2) is 10.7 Å². The lowest BCUT2D eigenvalue weighted by Crippen LogP contribution is -2.11. The Kier molecular flexibility index (Phi) is 5.02. The summed E-state index contributed by atoms with van der Waals surface area (Å²) in [6, 6.07) is 1.81. The molecule has 0 spiro atoms. The first-order valence-corrected chi connectivity index (χ1v) is 6.15. The molecule has 1 atom stereocenters. The summed E-state index contributed by atoms with van der Waals surface area (Å²) in [6.45, 7) is 6.24. The van der Waals surface area contributed by atoms with E-state index in [9.17, 15) is 0 Å². The minimum atomic E-state index is 0.196. The molecule has 0 aliphatic heterocycles. The lowest BCUT2D eigenvalue weighted by molar-refractivity contribution is 0.207. The van der Waals surface area contributed by atoms with Crippen molar-refractivity contribution in [3.05, 3.63) is 16.5 Å². The normalized spacial score (nSPS) is 12.5. The van der Waals surface area contributed by atoms with Crippen molar-refractivity contribution in [3.63, 3.8) is 0 Å². The van der Waals surface area contributed by atoms with Gasteiger partial charge in [-0.25, -0.2) is 4.98 Å². The Hall–Kier alpha value is -0.640. The standard InChI is InChI=1S/C11H17BrN2O/c1-4-6-10-13-9(12)7-11(14-10)15-8(3)5-2/h7-8H,4-6H2,1-3H3. The van der Waals surface area contributed by atoms with Crippen LogP contribution in [0.25, 0.3) is 0 Å². The molecule has 0 saturated heterocycles. The van der Waals surface area contributed by atoms with Gasteiger partial charge < -0.3 is 4.74 Å². The van der Waals surface area contributed by atoms with Crippen LogP contribution in [0.1, 0.15) is 39.4 Å². The number of halogens is 1. The number of hydrogen-bond acceptors (Lipinski definition) is 3. The highest BCUT2D eigenvalue weighted by atomic mass is 79.9. The van der Waals surface area contributed by atoms with Crippen molar-refractivity contribution in [1.82, 2.24) is 9.97 Å². The summed E-state index contributed by atoms with van der Waals surface area (Å²) in [7, 11) is 0. The maximum absolute atomic E-state index is 5.65. The van der Waals surface area contributed by atoms with Crippen LogP contribution in [-0.2, 0) is 6.42 Å². The fourth-order valence-corrected chi connectivity index (χ4v) is 1.53. The lowest BCUT2D eigenvalue weighted by Gasteiger charge is -2.12. The van der Waals surface area contributed by atoms with Crippen LogP contribution in [0.5, 0.6) is 5.88 Å². The van der Waals surface area contributed by atoms with Gasteiger partial charge in [0.05, 0.1) is 6.10 Å². The van der Waals surface area contributed by atoms with Crippen LogP contribution in [0, 0.1) is 0 Å². The summed E-state index contributed by atoms with van der Waals surface area (Å²) in [4.78, 5) is 8.63.